The lowest BCUT2D eigenvalue weighted by atomic mass is 9.75. The number of aromatic nitrogens is 2. The van der Waals surface area contributed by atoms with Crippen LogP contribution in [-0.2, 0) is 30.1 Å². The van der Waals surface area contributed by atoms with E-state index in [-0.39, 0.29) is 17.1 Å². The van der Waals surface area contributed by atoms with Crippen LogP contribution in [0, 0.1) is 12.3 Å². The molecule has 45 heavy (non-hydrogen) atoms. The van der Waals surface area contributed by atoms with Crippen molar-refractivity contribution in [1.82, 2.24) is 14.7 Å². The number of ketones is 1. The predicted octanol–water partition coefficient (Wildman–Crippen LogP) is 3.27. The molecule has 0 bridgehead atoms. The van der Waals surface area contributed by atoms with Crippen LogP contribution < -0.4 is 11.1 Å². The number of carbonyl (C=O) groups is 2. The molecule has 0 saturated heterocycles. The van der Waals surface area contributed by atoms with Gasteiger partial charge in [-0.25, -0.2) is 4.68 Å². The molecule has 1 heterocycles. The number of carbonyl (C=O) groups excluding carboxylic acids is 2. The monoisotopic (exact) mass is 631 g/mol. The summed E-state index contributed by atoms with van der Waals surface area (Å²) in [5.41, 5.74) is 9.79. The second-order valence-electron chi connectivity index (χ2n) is 12.2. The maximum atomic E-state index is 12.9. The number of fused-ring (bicyclic) bond motifs is 1. The molecule has 0 saturated carbocycles. The van der Waals surface area contributed by atoms with Gasteiger partial charge in [-0.05, 0) is 56.3 Å². The van der Waals surface area contributed by atoms with Crippen molar-refractivity contribution < 1.29 is 33.3 Å². The highest BCUT2D eigenvalue weighted by molar-refractivity contribution is 6.01. The van der Waals surface area contributed by atoms with Gasteiger partial charge in [0.05, 0.1) is 81.1 Å². The maximum Gasteiger partial charge on any atom is 0.255 e. The Hall–Kier alpha value is -2.87. The van der Waals surface area contributed by atoms with Crippen LogP contribution in [-0.4, -0.2) is 120 Å². The molecule has 12 nitrogen and oxygen atoms in total. The number of aryl methyl sites for hydroxylation is 1. The second-order valence-corrected chi connectivity index (χ2v) is 12.2. The van der Waals surface area contributed by atoms with Crippen molar-refractivity contribution in [2.45, 2.75) is 46.5 Å². The summed E-state index contributed by atoms with van der Waals surface area (Å²) in [5, 5.41) is 8.16. The van der Waals surface area contributed by atoms with Crippen LogP contribution in [0.4, 0.5) is 5.69 Å². The highest BCUT2D eigenvalue weighted by Gasteiger charge is 2.35. The van der Waals surface area contributed by atoms with Gasteiger partial charge in [-0.2, -0.15) is 5.10 Å². The third-order valence-corrected chi connectivity index (χ3v) is 7.37. The molecule has 3 N–H and O–H groups in total. The van der Waals surface area contributed by atoms with Crippen molar-refractivity contribution in [3.05, 3.63) is 40.7 Å². The SMILES string of the molecule is Cc1nn(-c2ccc(C(=O)N(C)C)c(NCCCOCCOCCOCCOCCOCCCN)c2)c2c1C(=O)CC(C)(C)C2. The van der Waals surface area contributed by atoms with Crippen LogP contribution in [0.2, 0.25) is 0 Å². The Labute approximate surface area is 267 Å². The molecule has 0 aliphatic heterocycles. The van der Waals surface area contributed by atoms with Crippen molar-refractivity contribution in [2.24, 2.45) is 11.1 Å². The van der Waals surface area contributed by atoms with E-state index in [9.17, 15) is 9.59 Å². The van der Waals surface area contributed by atoms with Crippen molar-refractivity contribution in [2.75, 3.05) is 98.6 Å². The van der Waals surface area contributed by atoms with Gasteiger partial charge < -0.3 is 39.6 Å². The minimum absolute atomic E-state index is 0.0902. The Bertz CT molecular complexity index is 1210. The van der Waals surface area contributed by atoms with E-state index in [4.69, 9.17) is 34.5 Å². The molecular weight excluding hydrogens is 578 g/mol. The van der Waals surface area contributed by atoms with Crippen LogP contribution >= 0.6 is 0 Å². The lowest BCUT2D eigenvalue weighted by Crippen LogP contribution is -2.28. The Morgan fingerprint density at radius 3 is 2.02 bits per heavy atom. The van der Waals surface area contributed by atoms with Gasteiger partial charge in [0.15, 0.2) is 5.78 Å². The number of anilines is 1. The number of ether oxygens (including phenoxy) is 5. The lowest BCUT2D eigenvalue weighted by Gasteiger charge is -2.29. The fourth-order valence-electron chi connectivity index (χ4n) is 5.16. The van der Waals surface area contributed by atoms with Crippen molar-refractivity contribution in [1.29, 1.82) is 0 Å². The summed E-state index contributed by atoms with van der Waals surface area (Å²) in [5.74, 6) is 0.0479. The molecule has 252 valence electrons. The number of Topliss-reactive ketones (excluding diaryl/α,β-unsaturated/α-hetero) is 1. The first kappa shape index (κ1) is 36.6. The molecule has 1 aromatic carbocycles. The number of nitrogens with two attached hydrogens (primary N) is 1. The Morgan fingerprint density at radius 1 is 0.911 bits per heavy atom. The fraction of sp³-hybridized carbons (Fsp3) is 0.667. The summed E-state index contributed by atoms with van der Waals surface area (Å²) < 4.78 is 29.4. The zero-order valence-electron chi connectivity index (χ0n) is 27.8. The predicted molar refractivity (Wildman–Crippen MR) is 174 cm³/mol. The Balaban J connectivity index is 1.38. The van der Waals surface area contributed by atoms with Crippen molar-refractivity contribution >= 4 is 17.4 Å². The van der Waals surface area contributed by atoms with Gasteiger partial charge in [0, 0.05) is 46.0 Å². The summed E-state index contributed by atoms with van der Waals surface area (Å²) in [6, 6.07) is 5.66. The summed E-state index contributed by atoms with van der Waals surface area (Å²) in [7, 11) is 3.48. The molecule has 0 atom stereocenters. The van der Waals surface area contributed by atoms with Gasteiger partial charge >= 0.3 is 0 Å². The zero-order valence-corrected chi connectivity index (χ0v) is 27.8. The van der Waals surface area contributed by atoms with Gasteiger partial charge in [0.2, 0.25) is 0 Å². The van der Waals surface area contributed by atoms with Gasteiger partial charge in [-0.15, -0.1) is 0 Å². The summed E-state index contributed by atoms with van der Waals surface area (Å²) in [6.45, 7) is 12.7. The molecule has 0 radical (unpaired) electrons. The molecular formula is C33H53N5O7. The average Bonchev–Trinajstić information content (AvgIpc) is 3.32. The first-order valence-electron chi connectivity index (χ1n) is 15.9. The summed E-state index contributed by atoms with van der Waals surface area (Å²) in [6.07, 6.45) is 2.88. The molecule has 2 aromatic rings. The van der Waals surface area contributed by atoms with E-state index in [1.807, 2.05) is 29.8 Å². The molecule has 0 fully saturated rings. The number of hydrogen-bond acceptors (Lipinski definition) is 10. The molecule has 12 heteroatoms. The van der Waals surface area contributed by atoms with Crippen LogP contribution in [0.25, 0.3) is 5.69 Å². The minimum Gasteiger partial charge on any atom is -0.384 e. The highest BCUT2D eigenvalue weighted by Crippen LogP contribution is 2.37. The van der Waals surface area contributed by atoms with E-state index in [1.165, 1.54) is 0 Å². The molecule has 1 aliphatic carbocycles. The van der Waals surface area contributed by atoms with Crippen molar-refractivity contribution in [3.63, 3.8) is 0 Å². The molecule has 0 spiro atoms. The summed E-state index contributed by atoms with van der Waals surface area (Å²) in [4.78, 5) is 27.4. The number of nitrogens with one attached hydrogen (secondary N) is 1. The number of rotatable bonds is 22. The fourth-order valence-corrected chi connectivity index (χ4v) is 5.16. The quantitative estimate of drug-likeness (QED) is 0.186. The molecule has 0 unspecified atom stereocenters. The standard InChI is InChI=1S/C33H53N5O7/c1-25-31-29(23-33(2,3)24-30(31)39)38(36-25)26-8-9-27(32(40)37(4)5)28(22-26)35-11-7-13-42-15-17-44-19-21-45-20-18-43-16-14-41-12-6-10-34/h8-9,22,35H,6-7,10-21,23-24,34H2,1-5H3. The number of hydrogen-bond donors (Lipinski definition) is 2. The Kier molecular flexibility index (Phi) is 15.4. The third-order valence-electron chi connectivity index (χ3n) is 7.37. The van der Waals surface area contributed by atoms with Gasteiger partial charge in [0.1, 0.15) is 0 Å². The van der Waals surface area contributed by atoms with E-state index in [1.54, 1.807) is 19.0 Å². The largest absolute Gasteiger partial charge is 0.384 e. The van der Waals surface area contributed by atoms with E-state index in [0.29, 0.717) is 91.1 Å². The molecule has 3 rings (SSSR count). The maximum absolute atomic E-state index is 12.9. The number of benzene rings is 1. The van der Waals surface area contributed by atoms with E-state index in [0.717, 1.165) is 47.6 Å². The smallest absolute Gasteiger partial charge is 0.255 e. The second kappa shape index (κ2) is 18.9. The first-order valence-corrected chi connectivity index (χ1v) is 15.9. The highest BCUT2D eigenvalue weighted by atomic mass is 16.6. The first-order chi connectivity index (χ1) is 21.6. The minimum atomic E-state index is -0.134. The van der Waals surface area contributed by atoms with Gasteiger partial charge in [-0.1, -0.05) is 13.8 Å². The van der Waals surface area contributed by atoms with E-state index < -0.39 is 0 Å². The third kappa shape index (κ3) is 11.8. The van der Waals surface area contributed by atoms with E-state index >= 15 is 0 Å². The molecule has 1 aromatic heterocycles. The van der Waals surface area contributed by atoms with Crippen LogP contribution in [0.1, 0.15) is 65.2 Å². The van der Waals surface area contributed by atoms with Crippen LogP contribution in [0.3, 0.4) is 0 Å². The van der Waals surface area contributed by atoms with Crippen LogP contribution in [0.5, 0.6) is 0 Å². The topological polar surface area (TPSA) is 139 Å². The zero-order chi connectivity index (χ0) is 32.7. The molecule has 1 amide bonds. The van der Waals surface area contributed by atoms with E-state index in [2.05, 4.69) is 19.2 Å². The normalized spacial score (nSPS) is 14.0. The van der Waals surface area contributed by atoms with Gasteiger partial charge in [-0.3, -0.25) is 9.59 Å². The Morgan fingerprint density at radius 2 is 1.47 bits per heavy atom. The van der Waals surface area contributed by atoms with Crippen molar-refractivity contribution in [3.8, 4) is 5.69 Å². The van der Waals surface area contributed by atoms with Crippen LogP contribution in [0.15, 0.2) is 18.2 Å². The van der Waals surface area contributed by atoms with Gasteiger partial charge in [0.25, 0.3) is 5.91 Å². The molecule has 1 aliphatic rings. The number of nitrogens with zero attached hydrogens (tertiary/aromatic N) is 3. The lowest BCUT2D eigenvalue weighted by molar-refractivity contribution is -0.0110. The average molecular weight is 632 g/mol. The number of amides is 1. The summed E-state index contributed by atoms with van der Waals surface area (Å²) >= 11 is 0.